The van der Waals surface area contributed by atoms with E-state index in [4.69, 9.17) is 9.47 Å². The molecule has 0 unspecified atom stereocenters. The highest BCUT2D eigenvalue weighted by Gasteiger charge is 2.23. The van der Waals surface area contributed by atoms with Crippen LogP contribution in [0.25, 0.3) is 6.08 Å². The van der Waals surface area contributed by atoms with E-state index in [1.807, 2.05) is 62.4 Å². The summed E-state index contributed by atoms with van der Waals surface area (Å²) in [5.41, 5.74) is 1.94. The fourth-order valence-corrected chi connectivity index (χ4v) is 2.56. The van der Waals surface area contributed by atoms with E-state index in [1.165, 1.54) is 0 Å². The highest BCUT2D eigenvalue weighted by atomic mass is 127. The molecule has 1 heterocycles. The first kappa shape index (κ1) is 16.7. The number of cyclic esters (lactones) is 1. The van der Waals surface area contributed by atoms with Gasteiger partial charge in [0, 0.05) is 9.13 Å². The van der Waals surface area contributed by atoms with E-state index in [-0.39, 0.29) is 6.10 Å². The molecule has 5 heteroatoms. The molecule has 0 atom stereocenters. The van der Waals surface area contributed by atoms with Gasteiger partial charge in [0.1, 0.15) is 5.75 Å². The maximum Gasteiger partial charge on any atom is 0.363 e. The van der Waals surface area contributed by atoms with Gasteiger partial charge in [0.05, 0.1) is 6.10 Å². The summed E-state index contributed by atoms with van der Waals surface area (Å²) in [7, 11) is 0. The van der Waals surface area contributed by atoms with Crippen LogP contribution in [0.3, 0.4) is 0 Å². The van der Waals surface area contributed by atoms with E-state index < -0.39 is 5.97 Å². The van der Waals surface area contributed by atoms with Crippen molar-refractivity contribution in [3.05, 3.63) is 68.9 Å². The molecule has 0 fully saturated rings. The minimum absolute atomic E-state index is 0.125. The van der Waals surface area contributed by atoms with Gasteiger partial charge in [-0.1, -0.05) is 12.1 Å². The molecule has 24 heavy (non-hydrogen) atoms. The molecule has 0 radical (unpaired) electrons. The predicted molar refractivity (Wildman–Crippen MR) is 102 cm³/mol. The lowest BCUT2D eigenvalue weighted by molar-refractivity contribution is -0.129. The van der Waals surface area contributed by atoms with Gasteiger partial charge in [-0.15, -0.1) is 0 Å². The van der Waals surface area contributed by atoms with E-state index in [0.29, 0.717) is 11.6 Å². The zero-order valence-corrected chi connectivity index (χ0v) is 15.5. The lowest BCUT2D eigenvalue weighted by atomic mass is 10.2. The molecule has 4 nitrogen and oxygen atoms in total. The summed E-state index contributed by atoms with van der Waals surface area (Å²) in [4.78, 5) is 16.3. The quantitative estimate of drug-likeness (QED) is 0.408. The van der Waals surface area contributed by atoms with Crippen molar-refractivity contribution in [2.45, 2.75) is 20.0 Å². The van der Waals surface area contributed by atoms with Crippen molar-refractivity contribution < 1.29 is 14.3 Å². The Morgan fingerprint density at radius 1 is 1.08 bits per heavy atom. The third kappa shape index (κ3) is 4.03. The fourth-order valence-electron chi connectivity index (χ4n) is 2.20. The van der Waals surface area contributed by atoms with E-state index in [2.05, 4.69) is 27.6 Å². The minimum Gasteiger partial charge on any atom is -0.491 e. The molecule has 0 saturated carbocycles. The second-order valence-corrected chi connectivity index (χ2v) is 6.82. The third-order valence-corrected chi connectivity index (χ3v) is 3.99. The first-order valence-corrected chi connectivity index (χ1v) is 8.64. The summed E-state index contributed by atoms with van der Waals surface area (Å²) < 4.78 is 12.0. The van der Waals surface area contributed by atoms with E-state index in [9.17, 15) is 4.79 Å². The number of nitrogens with zero attached hydrogens (tertiary/aromatic N) is 1. The Balaban J connectivity index is 1.81. The number of hydrogen-bond acceptors (Lipinski definition) is 4. The Morgan fingerprint density at radius 2 is 1.75 bits per heavy atom. The van der Waals surface area contributed by atoms with Crippen molar-refractivity contribution in [3.63, 3.8) is 0 Å². The summed E-state index contributed by atoms with van der Waals surface area (Å²) in [5, 5.41) is 0. The van der Waals surface area contributed by atoms with Gasteiger partial charge in [-0.2, -0.15) is 0 Å². The Kier molecular flexibility index (Phi) is 4.99. The first-order valence-electron chi connectivity index (χ1n) is 7.56. The van der Waals surface area contributed by atoms with Gasteiger partial charge >= 0.3 is 5.97 Å². The molecule has 0 bridgehead atoms. The van der Waals surface area contributed by atoms with Crippen LogP contribution in [0.1, 0.15) is 25.0 Å². The SMILES string of the molecule is CC(C)Oc1ccc(/C=C2\N=C(c3ccc(I)cc3)OC2=O)cc1. The number of esters is 1. The number of ether oxygens (including phenoxy) is 2. The topological polar surface area (TPSA) is 47.9 Å². The van der Waals surface area contributed by atoms with Crippen molar-refractivity contribution >= 4 is 40.5 Å². The number of halogens is 1. The molecular formula is C19H16INO3. The molecule has 0 N–H and O–H groups in total. The number of hydrogen-bond donors (Lipinski definition) is 0. The second kappa shape index (κ2) is 7.17. The van der Waals surface area contributed by atoms with Gasteiger partial charge in [-0.25, -0.2) is 9.79 Å². The normalized spacial score (nSPS) is 15.6. The Labute approximate surface area is 154 Å². The molecule has 2 aromatic carbocycles. The lowest BCUT2D eigenvalue weighted by Crippen LogP contribution is -2.05. The van der Waals surface area contributed by atoms with Crippen LogP contribution in [-0.2, 0) is 9.53 Å². The molecule has 1 aliphatic heterocycles. The van der Waals surface area contributed by atoms with Crippen LogP contribution in [0.2, 0.25) is 0 Å². The van der Waals surface area contributed by atoms with Crippen LogP contribution in [0, 0.1) is 3.57 Å². The smallest absolute Gasteiger partial charge is 0.363 e. The molecule has 0 saturated heterocycles. The molecular weight excluding hydrogens is 417 g/mol. The highest BCUT2D eigenvalue weighted by Crippen LogP contribution is 2.21. The molecule has 0 aromatic heterocycles. The van der Waals surface area contributed by atoms with Crippen LogP contribution < -0.4 is 4.74 Å². The van der Waals surface area contributed by atoms with Gasteiger partial charge in [0.2, 0.25) is 5.90 Å². The third-order valence-electron chi connectivity index (χ3n) is 3.27. The van der Waals surface area contributed by atoms with E-state index in [1.54, 1.807) is 6.08 Å². The van der Waals surface area contributed by atoms with Crippen LogP contribution in [0.4, 0.5) is 0 Å². The average Bonchev–Trinajstić information content (AvgIpc) is 2.90. The number of rotatable bonds is 4. The van der Waals surface area contributed by atoms with Crippen molar-refractivity contribution in [1.29, 1.82) is 0 Å². The molecule has 3 rings (SSSR count). The van der Waals surface area contributed by atoms with Gasteiger partial charge in [-0.3, -0.25) is 0 Å². The van der Waals surface area contributed by atoms with Crippen LogP contribution in [0.15, 0.2) is 59.2 Å². The van der Waals surface area contributed by atoms with Gasteiger partial charge in [0.25, 0.3) is 0 Å². The Morgan fingerprint density at radius 3 is 2.38 bits per heavy atom. The molecule has 1 aliphatic rings. The number of carbonyl (C=O) groups excluding carboxylic acids is 1. The maximum atomic E-state index is 12.0. The average molecular weight is 433 g/mol. The Hall–Kier alpha value is -2.15. The van der Waals surface area contributed by atoms with Gasteiger partial charge in [0.15, 0.2) is 5.70 Å². The zero-order chi connectivity index (χ0) is 17.1. The summed E-state index contributed by atoms with van der Waals surface area (Å²) in [6.45, 7) is 3.95. The lowest BCUT2D eigenvalue weighted by Gasteiger charge is -2.09. The number of carbonyl (C=O) groups is 1. The molecule has 0 aliphatic carbocycles. The highest BCUT2D eigenvalue weighted by molar-refractivity contribution is 14.1. The summed E-state index contributed by atoms with van der Waals surface area (Å²) in [6.07, 6.45) is 1.83. The van der Waals surface area contributed by atoms with Crippen molar-refractivity contribution in [3.8, 4) is 5.75 Å². The van der Waals surface area contributed by atoms with Gasteiger partial charge < -0.3 is 9.47 Å². The summed E-state index contributed by atoms with van der Waals surface area (Å²) in [5.74, 6) is 0.692. The Bertz CT molecular complexity index is 806. The molecule has 2 aromatic rings. The largest absolute Gasteiger partial charge is 0.491 e. The molecule has 122 valence electrons. The van der Waals surface area contributed by atoms with Crippen molar-refractivity contribution in [2.24, 2.45) is 4.99 Å². The summed E-state index contributed by atoms with van der Waals surface area (Å²) in [6, 6.07) is 15.2. The molecule has 0 spiro atoms. The van der Waals surface area contributed by atoms with Gasteiger partial charge in [-0.05, 0) is 84.5 Å². The standard InChI is InChI=1S/C19H16INO3/c1-12(2)23-16-9-3-13(4-10-16)11-17-19(22)24-18(21-17)14-5-7-15(20)8-6-14/h3-12H,1-2H3/b17-11-. The molecule has 0 amide bonds. The van der Waals surface area contributed by atoms with Crippen LogP contribution in [-0.4, -0.2) is 18.0 Å². The monoisotopic (exact) mass is 433 g/mol. The van der Waals surface area contributed by atoms with E-state index in [0.717, 1.165) is 20.4 Å². The van der Waals surface area contributed by atoms with Crippen molar-refractivity contribution in [1.82, 2.24) is 0 Å². The minimum atomic E-state index is -0.439. The number of benzene rings is 2. The fraction of sp³-hybridized carbons (Fsp3) is 0.158. The second-order valence-electron chi connectivity index (χ2n) is 5.58. The van der Waals surface area contributed by atoms with Crippen LogP contribution in [0.5, 0.6) is 5.75 Å². The zero-order valence-electron chi connectivity index (χ0n) is 13.3. The number of aliphatic imine (C=N–C) groups is 1. The predicted octanol–water partition coefficient (Wildman–Crippen LogP) is 4.42. The van der Waals surface area contributed by atoms with Crippen LogP contribution >= 0.6 is 22.6 Å². The maximum absolute atomic E-state index is 12.0. The first-order chi connectivity index (χ1) is 11.5. The van der Waals surface area contributed by atoms with Crippen molar-refractivity contribution in [2.75, 3.05) is 0 Å². The van der Waals surface area contributed by atoms with E-state index >= 15 is 0 Å². The summed E-state index contributed by atoms with van der Waals surface area (Å²) >= 11 is 2.22.